The molecule has 118 valence electrons. The molecule has 1 aliphatic carbocycles. The van der Waals surface area contributed by atoms with Crippen LogP contribution in [0.4, 0.5) is 4.79 Å². The van der Waals surface area contributed by atoms with Gasteiger partial charge >= 0.3 is 6.03 Å². The van der Waals surface area contributed by atoms with E-state index in [4.69, 9.17) is 4.42 Å². The molecule has 1 spiro atoms. The predicted octanol–water partition coefficient (Wildman–Crippen LogP) is 1.32. The molecule has 1 saturated heterocycles. The third-order valence-corrected chi connectivity index (χ3v) is 4.35. The van der Waals surface area contributed by atoms with Crippen molar-refractivity contribution in [3.8, 4) is 0 Å². The average molecular weight is 305 g/mol. The van der Waals surface area contributed by atoms with E-state index < -0.39 is 11.6 Å². The maximum Gasteiger partial charge on any atom is 0.325 e. The van der Waals surface area contributed by atoms with Crippen LogP contribution in [0.3, 0.4) is 0 Å². The molecule has 4 amide bonds. The molecule has 2 aliphatic rings. The van der Waals surface area contributed by atoms with Crippen LogP contribution in [0.25, 0.3) is 0 Å². The van der Waals surface area contributed by atoms with Crippen LogP contribution >= 0.6 is 0 Å². The van der Waals surface area contributed by atoms with E-state index in [-0.39, 0.29) is 24.4 Å². The molecule has 2 fully saturated rings. The van der Waals surface area contributed by atoms with Crippen LogP contribution in [0.5, 0.6) is 0 Å². The molecule has 1 atom stereocenters. The Morgan fingerprint density at radius 3 is 2.82 bits per heavy atom. The largest absolute Gasteiger partial charge is 0.467 e. The Balaban J connectivity index is 1.62. The van der Waals surface area contributed by atoms with E-state index in [1.165, 1.54) is 6.26 Å². The van der Waals surface area contributed by atoms with E-state index in [9.17, 15) is 14.4 Å². The minimum absolute atomic E-state index is 0.266. The second-order valence-corrected chi connectivity index (χ2v) is 5.92. The number of hydrogen-bond donors (Lipinski definition) is 2. The predicted molar refractivity (Wildman–Crippen MR) is 76.7 cm³/mol. The molecule has 1 aromatic rings. The van der Waals surface area contributed by atoms with Crippen molar-refractivity contribution in [1.29, 1.82) is 0 Å². The molecule has 22 heavy (non-hydrogen) atoms. The number of imide groups is 1. The molecule has 1 aliphatic heterocycles. The van der Waals surface area contributed by atoms with Crippen LogP contribution in [-0.4, -0.2) is 34.8 Å². The van der Waals surface area contributed by atoms with Gasteiger partial charge in [-0.05, 0) is 31.9 Å². The van der Waals surface area contributed by atoms with Crippen molar-refractivity contribution in [2.24, 2.45) is 0 Å². The molecule has 7 heteroatoms. The van der Waals surface area contributed by atoms with E-state index >= 15 is 0 Å². The molecular weight excluding hydrogens is 286 g/mol. The normalized spacial score (nSPS) is 21.2. The fourth-order valence-electron chi connectivity index (χ4n) is 3.18. The van der Waals surface area contributed by atoms with Gasteiger partial charge in [0, 0.05) is 0 Å². The summed E-state index contributed by atoms with van der Waals surface area (Å²) in [5.74, 6) is -0.0453. The lowest BCUT2D eigenvalue weighted by Crippen LogP contribution is -2.45. The van der Waals surface area contributed by atoms with Crippen LogP contribution in [0, 0.1) is 0 Å². The Labute approximate surface area is 128 Å². The Hall–Kier alpha value is -2.31. The van der Waals surface area contributed by atoms with Crippen molar-refractivity contribution in [3.05, 3.63) is 24.2 Å². The number of carbonyl (C=O) groups excluding carboxylic acids is 3. The molecule has 1 saturated carbocycles. The molecular formula is C15H19N3O4. The minimum atomic E-state index is -0.774. The summed E-state index contributed by atoms with van der Waals surface area (Å²) in [4.78, 5) is 37.5. The zero-order valence-electron chi connectivity index (χ0n) is 12.4. The quantitative estimate of drug-likeness (QED) is 0.821. The molecule has 3 rings (SSSR count). The summed E-state index contributed by atoms with van der Waals surface area (Å²) in [6.07, 6.45) is 4.67. The maximum atomic E-state index is 12.4. The molecule has 2 heterocycles. The lowest BCUT2D eigenvalue weighted by atomic mass is 9.98. The van der Waals surface area contributed by atoms with Crippen molar-refractivity contribution in [2.45, 2.75) is 44.2 Å². The zero-order valence-corrected chi connectivity index (χ0v) is 12.4. The molecule has 0 aromatic carbocycles. The Morgan fingerprint density at radius 2 is 2.18 bits per heavy atom. The van der Waals surface area contributed by atoms with Gasteiger partial charge in [-0.1, -0.05) is 12.8 Å². The molecule has 2 N–H and O–H groups in total. The number of rotatable bonds is 4. The third kappa shape index (κ3) is 2.47. The summed E-state index contributed by atoms with van der Waals surface area (Å²) in [5, 5.41) is 5.48. The summed E-state index contributed by atoms with van der Waals surface area (Å²) in [5.41, 5.74) is -0.774. The molecule has 0 radical (unpaired) electrons. The lowest BCUT2D eigenvalue weighted by molar-refractivity contribution is -0.135. The first-order chi connectivity index (χ1) is 10.5. The van der Waals surface area contributed by atoms with Gasteiger partial charge < -0.3 is 15.1 Å². The summed E-state index contributed by atoms with van der Waals surface area (Å²) in [7, 11) is 0. The Morgan fingerprint density at radius 1 is 1.45 bits per heavy atom. The van der Waals surface area contributed by atoms with Crippen LogP contribution in [0.2, 0.25) is 0 Å². The number of nitrogens with one attached hydrogen (secondary N) is 2. The van der Waals surface area contributed by atoms with E-state index in [0.29, 0.717) is 18.6 Å². The molecule has 0 unspecified atom stereocenters. The molecule has 1 aromatic heterocycles. The second-order valence-electron chi connectivity index (χ2n) is 5.92. The Bertz CT molecular complexity index is 590. The smallest absolute Gasteiger partial charge is 0.325 e. The first-order valence-corrected chi connectivity index (χ1v) is 7.49. The topological polar surface area (TPSA) is 91.7 Å². The van der Waals surface area contributed by atoms with Crippen LogP contribution in [0.1, 0.15) is 44.4 Å². The number of hydrogen-bond acceptors (Lipinski definition) is 4. The van der Waals surface area contributed by atoms with E-state index in [1.807, 2.05) is 0 Å². The number of amides is 4. The van der Waals surface area contributed by atoms with Gasteiger partial charge in [0.2, 0.25) is 5.91 Å². The minimum Gasteiger partial charge on any atom is -0.467 e. The van der Waals surface area contributed by atoms with Gasteiger partial charge in [0.1, 0.15) is 17.8 Å². The highest BCUT2D eigenvalue weighted by Gasteiger charge is 2.52. The van der Waals surface area contributed by atoms with E-state index in [2.05, 4.69) is 10.6 Å². The molecule has 7 nitrogen and oxygen atoms in total. The van der Waals surface area contributed by atoms with Gasteiger partial charge in [-0.2, -0.15) is 0 Å². The summed E-state index contributed by atoms with van der Waals surface area (Å²) < 4.78 is 5.21. The van der Waals surface area contributed by atoms with Crippen molar-refractivity contribution in [1.82, 2.24) is 15.5 Å². The van der Waals surface area contributed by atoms with Crippen molar-refractivity contribution in [3.63, 3.8) is 0 Å². The SMILES string of the molecule is C[C@H](NC(=O)CN1C(=O)NC2(CCCC2)C1=O)c1ccco1. The monoisotopic (exact) mass is 305 g/mol. The number of carbonyl (C=O) groups is 3. The van der Waals surface area contributed by atoms with Gasteiger partial charge in [-0.15, -0.1) is 0 Å². The number of nitrogens with zero attached hydrogens (tertiary/aromatic N) is 1. The zero-order chi connectivity index (χ0) is 15.7. The van der Waals surface area contributed by atoms with Crippen LogP contribution < -0.4 is 10.6 Å². The number of urea groups is 1. The standard InChI is InChI=1S/C15H19N3O4/c1-10(11-5-4-8-22-11)16-12(19)9-18-13(20)15(17-14(18)21)6-2-3-7-15/h4-5,8,10H,2-3,6-7,9H2,1H3,(H,16,19)(H,17,21)/t10-/m0/s1. The third-order valence-electron chi connectivity index (χ3n) is 4.35. The van der Waals surface area contributed by atoms with Gasteiger partial charge in [0.15, 0.2) is 0 Å². The van der Waals surface area contributed by atoms with E-state index in [0.717, 1.165) is 17.7 Å². The fraction of sp³-hybridized carbons (Fsp3) is 0.533. The summed E-state index contributed by atoms with van der Waals surface area (Å²) in [6, 6.07) is 2.70. The first-order valence-electron chi connectivity index (χ1n) is 7.49. The molecule has 0 bridgehead atoms. The second kappa shape index (κ2) is 5.47. The van der Waals surface area contributed by atoms with Gasteiger partial charge in [0.05, 0.1) is 12.3 Å². The highest BCUT2D eigenvalue weighted by atomic mass is 16.3. The summed E-state index contributed by atoms with van der Waals surface area (Å²) in [6.45, 7) is 1.51. The van der Waals surface area contributed by atoms with Crippen LogP contribution in [0.15, 0.2) is 22.8 Å². The van der Waals surface area contributed by atoms with E-state index in [1.54, 1.807) is 19.1 Å². The highest BCUT2D eigenvalue weighted by Crippen LogP contribution is 2.34. The first kappa shape index (κ1) is 14.6. The Kier molecular flexibility index (Phi) is 3.64. The van der Waals surface area contributed by atoms with Crippen molar-refractivity contribution >= 4 is 17.8 Å². The fourth-order valence-corrected chi connectivity index (χ4v) is 3.18. The highest BCUT2D eigenvalue weighted by molar-refractivity contribution is 6.09. The van der Waals surface area contributed by atoms with Crippen molar-refractivity contribution < 1.29 is 18.8 Å². The lowest BCUT2D eigenvalue weighted by Gasteiger charge is -2.20. The average Bonchev–Trinajstić information content (AvgIpc) is 3.18. The van der Waals surface area contributed by atoms with Gasteiger partial charge in [-0.3, -0.25) is 14.5 Å². The number of furan rings is 1. The summed E-state index contributed by atoms with van der Waals surface area (Å²) >= 11 is 0. The van der Waals surface area contributed by atoms with Crippen molar-refractivity contribution in [2.75, 3.05) is 6.54 Å². The maximum absolute atomic E-state index is 12.4. The van der Waals surface area contributed by atoms with Gasteiger partial charge in [0.25, 0.3) is 5.91 Å². The van der Waals surface area contributed by atoms with Gasteiger partial charge in [-0.25, -0.2) is 4.79 Å². The van der Waals surface area contributed by atoms with Crippen LogP contribution in [-0.2, 0) is 9.59 Å².